The van der Waals surface area contributed by atoms with Crippen molar-refractivity contribution in [3.05, 3.63) is 53.1 Å². The number of phenols is 2. The Labute approximate surface area is 152 Å². The summed E-state index contributed by atoms with van der Waals surface area (Å²) in [6.07, 6.45) is 3.23. The second-order valence-corrected chi connectivity index (χ2v) is 5.06. The number of aromatic hydroxyl groups is 2. The molecule has 0 aliphatic heterocycles. The SMILES string of the molecule is COc1ccc(O)c(C=NCCN=Cc2cc(C)ccc2O)c1.[Fe]. The van der Waals surface area contributed by atoms with E-state index in [4.69, 9.17) is 4.74 Å². The maximum Gasteiger partial charge on any atom is 0.124 e. The average Bonchev–Trinajstić information content (AvgIpc) is 2.55. The molecule has 5 nitrogen and oxygen atoms in total. The minimum Gasteiger partial charge on any atom is -0.507 e. The summed E-state index contributed by atoms with van der Waals surface area (Å²) >= 11 is 0. The van der Waals surface area contributed by atoms with E-state index in [1.165, 1.54) is 0 Å². The molecule has 0 saturated heterocycles. The number of aliphatic imine (C=N–C) groups is 2. The monoisotopic (exact) mass is 368 g/mol. The fourth-order valence-electron chi connectivity index (χ4n) is 1.98. The molecule has 2 rings (SSSR count). The first-order valence-corrected chi connectivity index (χ1v) is 7.26. The molecule has 0 radical (unpaired) electrons. The third-order valence-electron chi connectivity index (χ3n) is 3.24. The van der Waals surface area contributed by atoms with Gasteiger partial charge < -0.3 is 14.9 Å². The molecule has 0 unspecified atom stereocenters. The van der Waals surface area contributed by atoms with Crippen LogP contribution in [0.25, 0.3) is 0 Å². The third-order valence-corrected chi connectivity index (χ3v) is 3.24. The van der Waals surface area contributed by atoms with Crippen molar-refractivity contribution in [3.63, 3.8) is 0 Å². The Morgan fingerprint density at radius 3 is 2.04 bits per heavy atom. The van der Waals surface area contributed by atoms with Crippen molar-refractivity contribution in [1.82, 2.24) is 0 Å². The molecule has 24 heavy (non-hydrogen) atoms. The van der Waals surface area contributed by atoms with Crippen LogP contribution in [0, 0.1) is 6.92 Å². The van der Waals surface area contributed by atoms with Gasteiger partial charge in [-0.25, -0.2) is 0 Å². The summed E-state index contributed by atoms with van der Waals surface area (Å²) in [4.78, 5) is 8.48. The zero-order valence-corrected chi connectivity index (χ0v) is 14.7. The summed E-state index contributed by atoms with van der Waals surface area (Å²) in [7, 11) is 1.57. The van der Waals surface area contributed by atoms with Gasteiger partial charge in [-0.15, -0.1) is 0 Å². The molecule has 2 N–H and O–H groups in total. The van der Waals surface area contributed by atoms with E-state index in [2.05, 4.69) is 9.98 Å². The van der Waals surface area contributed by atoms with Crippen molar-refractivity contribution < 1.29 is 32.0 Å². The number of hydrogen-bond acceptors (Lipinski definition) is 5. The van der Waals surface area contributed by atoms with Gasteiger partial charge in [0.25, 0.3) is 0 Å². The number of benzene rings is 2. The number of aryl methyl sites for hydroxylation is 1. The van der Waals surface area contributed by atoms with Crippen molar-refractivity contribution in [2.24, 2.45) is 9.98 Å². The molecule has 0 heterocycles. The van der Waals surface area contributed by atoms with Gasteiger partial charge in [0.15, 0.2) is 0 Å². The van der Waals surface area contributed by atoms with Crippen molar-refractivity contribution in [1.29, 1.82) is 0 Å². The molecule has 0 bridgehead atoms. The molecular weight excluding hydrogens is 348 g/mol. The van der Waals surface area contributed by atoms with E-state index in [0.29, 0.717) is 30.0 Å². The normalized spacial score (nSPS) is 10.9. The Bertz CT molecular complexity index is 730. The van der Waals surface area contributed by atoms with Crippen molar-refractivity contribution in [3.8, 4) is 17.2 Å². The molecule has 0 aliphatic carbocycles. The molecule has 0 aliphatic rings. The van der Waals surface area contributed by atoms with Crippen molar-refractivity contribution in [2.45, 2.75) is 6.92 Å². The number of methoxy groups -OCH3 is 1. The molecule has 0 atom stereocenters. The Hall–Kier alpha value is -2.30. The Balaban J connectivity index is 0.00000288. The third kappa shape index (κ3) is 5.72. The summed E-state index contributed by atoms with van der Waals surface area (Å²) in [5.74, 6) is 1.03. The van der Waals surface area contributed by atoms with Gasteiger partial charge in [0, 0.05) is 40.6 Å². The number of hydrogen-bond donors (Lipinski definition) is 2. The molecule has 0 fully saturated rings. The minimum atomic E-state index is 0. The van der Waals surface area contributed by atoms with Gasteiger partial charge >= 0.3 is 0 Å². The van der Waals surface area contributed by atoms with Crippen molar-refractivity contribution in [2.75, 3.05) is 20.2 Å². The summed E-state index contributed by atoms with van der Waals surface area (Å²) in [6, 6.07) is 10.3. The largest absolute Gasteiger partial charge is 0.507 e. The predicted octanol–water partition coefficient (Wildman–Crippen LogP) is 2.95. The molecular formula is C18H20FeN2O3. The Morgan fingerprint density at radius 2 is 1.46 bits per heavy atom. The zero-order valence-electron chi connectivity index (χ0n) is 13.6. The molecule has 0 saturated carbocycles. The van der Waals surface area contributed by atoms with Crippen LogP contribution in [-0.2, 0) is 17.1 Å². The minimum absolute atomic E-state index is 0. The standard InChI is InChI=1S/C18H20N2O3.Fe/c1-13-3-5-17(21)14(9-13)11-19-7-8-20-12-15-10-16(23-2)4-6-18(15)22;/h3-6,9-12,21-22H,7-8H2,1-2H3;. The molecule has 128 valence electrons. The maximum absolute atomic E-state index is 9.73. The number of ether oxygens (including phenoxy) is 1. The van der Waals surface area contributed by atoms with E-state index in [1.54, 1.807) is 43.8 Å². The smallest absolute Gasteiger partial charge is 0.124 e. The van der Waals surface area contributed by atoms with Crippen LogP contribution in [0.1, 0.15) is 16.7 Å². The van der Waals surface area contributed by atoms with E-state index in [0.717, 1.165) is 5.56 Å². The van der Waals surface area contributed by atoms with Gasteiger partial charge in [0.1, 0.15) is 17.2 Å². The quantitative estimate of drug-likeness (QED) is 0.468. The van der Waals surface area contributed by atoms with Gasteiger partial charge in [-0.05, 0) is 37.3 Å². The van der Waals surface area contributed by atoms with E-state index in [-0.39, 0.29) is 28.6 Å². The van der Waals surface area contributed by atoms with Crippen LogP contribution in [0.4, 0.5) is 0 Å². The van der Waals surface area contributed by atoms with Crippen LogP contribution in [-0.4, -0.2) is 42.8 Å². The predicted molar refractivity (Wildman–Crippen MR) is 92.4 cm³/mol. The fourth-order valence-corrected chi connectivity index (χ4v) is 1.98. The van der Waals surface area contributed by atoms with Crippen LogP contribution >= 0.6 is 0 Å². The van der Waals surface area contributed by atoms with Crippen LogP contribution in [0.2, 0.25) is 0 Å². The maximum atomic E-state index is 9.73. The summed E-state index contributed by atoms with van der Waals surface area (Å²) < 4.78 is 5.10. The van der Waals surface area contributed by atoms with Gasteiger partial charge in [0.2, 0.25) is 0 Å². The van der Waals surface area contributed by atoms with Crippen LogP contribution < -0.4 is 4.74 Å². The number of rotatable bonds is 6. The van der Waals surface area contributed by atoms with Gasteiger partial charge in [0.05, 0.1) is 20.2 Å². The summed E-state index contributed by atoms with van der Waals surface area (Å²) in [6.45, 7) is 2.94. The first-order valence-electron chi connectivity index (χ1n) is 7.26. The van der Waals surface area contributed by atoms with E-state index in [9.17, 15) is 10.2 Å². The van der Waals surface area contributed by atoms with Gasteiger partial charge in [-0.3, -0.25) is 9.98 Å². The fraction of sp³-hybridized carbons (Fsp3) is 0.222. The topological polar surface area (TPSA) is 74.4 Å². The zero-order chi connectivity index (χ0) is 16.7. The average molecular weight is 368 g/mol. The van der Waals surface area contributed by atoms with E-state index in [1.807, 2.05) is 19.1 Å². The van der Waals surface area contributed by atoms with E-state index < -0.39 is 0 Å². The number of nitrogens with zero attached hydrogens (tertiary/aromatic N) is 2. The van der Waals surface area contributed by atoms with Gasteiger partial charge in [-0.1, -0.05) is 11.6 Å². The van der Waals surface area contributed by atoms with Crippen LogP contribution in [0.5, 0.6) is 17.2 Å². The second-order valence-electron chi connectivity index (χ2n) is 5.06. The molecule has 2 aromatic carbocycles. The first-order chi connectivity index (χ1) is 11.1. The molecule has 0 aromatic heterocycles. The number of phenolic OH excluding ortho intramolecular Hbond substituents is 2. The van der Waals surface area contributed by atoms with Crippen molar-refractivity contribution >= 4 is 12.4 Å². The van der Waals surface area contributed by atoms with E-state index >= 15 is 0 Å². The van der Waals surface area contributed by atoms with Gasteiger partial charge in [-0.2, -0.15) is 0 Å². The molecule has 6 heteroatoms. The molecule has 0 spiro atoms. The van der Waals surface area contributed by atoms with Crippen LogP contribution in [0.15, 0.2) is 46.4 Å². The first kappa shape index (κ1) is 19.7. The summed E-state index contributed by atoms with van der Waals surface area (Å²) in [5, 5.41) is 19.4. The Kier molecular flexibility index (Phi) is 8.02. The molecule has 2 aromatic rings. The molecule has 0 amide bonds. The summed E-state index contributed by atoms with van der Waals surface area (Å²) in [5.41, 5.74) is 2.36. The second kappa shape index (κ2) is 9.75. The van der Waals surface area contributed by atoms with Crippen LogP contribution in [0.3, 0.4) is 0 Å². The Morgan fingerprint density at radius 1 is 0.917 bits per heavy atom.